The Bertz CT molecular complexity index is 361. The molecular formula is C11H14O5. The number of carboxylic acid groups (broad SMARTS) is 1. The number of hydrogen-bond acceptors (Lipinski definition) is 4. The van der Waals surface area contributed by atoms with E-state index in [0.717, 1.165) is 5.56 Å². The predicted octanol–water partition coefficient (Wildman–Crippen LogP) is 0.902. The van der Waals surface area contributed by atoms with E-state index >= 15 is 0 Å². The van der Waals surface area contributed by atoms with E-state index in [1.165, 1.54) is 13.2 Å². The number of carboxylic acids is 1. The summed E-state index contributed by atoms with van der Waals surface area (Å²) in [4.78, 5) is 10.9. The van der Waals surface area contributed by atoms with E-state index < -0.39 is 5.97 Å². The second-order valence-corrected chi connectivity index (χ2v) is 3.12. The molecule has 0 aliphatic heterocycles. The van der Waals surface area contributed by atoms with E-state index in [2.05, 4.69) is 0 Å². The first kappa shape index (κ1) is 12.5. The number of aliphatic hydroxyl groups excluding tert-OH is 1. The van der Waals surface area contributed by atoms with Crippen molar-refractivity contribution in [3.05, 3.63) is 29.3 Å². The first-order valence-electron chi connectivity index (χ1n) is 4.78. The molecule has 0 aliphatic rings. The highest BCUT2D eigenvalue weighted by molar-refractivity contribution is 5.91. The zero-order valence-electron chi connectivity index (χ0n) is 8.97. The lowest BCUT2D eigenvalue weighted by atomic mass is 10.1. The van der Waals surface area contributed by atoms with E-state index in [1.807, 2.05) is 0 Å². The normalized spacial score (nSPS) is 10.1. The molecule has 2 N–H and O–H groups in total. The maximum Gasteiger partial charge on any atom is 0.339 e. The molecular weight excluding hydrogens is 212 g/mol. The number of aromatic carboxylic acids is 1. The lowest BCUT2D eigenvalue weighted by molar-refractivity contribution is 0.0690. The van der Waals surface area contributed by atoms with Crippen molar-refractivity contribution in [3.63, 3.8) is 0 Å². The predicted molar refractivity (Wildman–Crippen MR) is 56.7 cm³/mol. The van der Waals surface area contributed by atoms with Gasteiger partial charge in [0.1, 0.15) is 11.3 Å². The van der Waals surface area contributed by atoms with Crippen molar-refractivity contribution in [2.24, 2.45) is 0 Å². The molecule has 1 aromatic carbocycles. The van der Waals surface area contributed by atoms with Crippen molar-refractivity contribution >= 4 is 5.97 Å². The fourth-order valence-corrected chi connectivity index (χ4v) is 1.27. The van der Waals surface area contributed by atoms with Gasteiger partial charge in [-0.05, 0) is 17.7 Å². The Labute approximate surface area is 93.2 Å². The molecule has 0 spiro atoms. The van der Waals surface area contributed by atoms with Crippen LogP contribution in [-0.4, -0.2) is 36.5 Å². The van der Waals surface area contributed by atoms with E-state index in [4.69, 9.17) is 19.7 Å². The van der Waals surface area contributed by atoms with Crippen molar-refractivity contribution in [3.8, 4) is 5.75 Å². The smallest absolute Gasteiger partial charge is 0.339 e. The molecule has 0 amide bonds. The second kappa shape index (κ2) is 6.09. The van der Waals surface area contributed by atoms with Gasteiger partial charge in [0.05, 0.1) is 26.9 Å². The molecule has 0 aliphatic carbocycles. The van der Waals surface area contributed by atoms with Gasteiger partial charge >= 0.3 is 5.97 Å². The molecule has 0 radical (unpaired) electrons. The largest absolute Gasteiger partial charge is 0.496 e. The monoisotopic (exact) mass is 226 g/mol. The van der Waals surface area contributed by atoms with Crippen LogP contribution < -0.4 is 4.74 Å². The third-order valence-electron chi connectivity index (χ3n) is 2.00. The lowest BCUT2D eigenvalue weighted by Crippen LogP contribution is -2.04. The van der Waals surface area contributed by atoms with Crippen LogP contribution in [0.1, 0.15) is 15.9 Å². The molecule has 0 saturated carbocycles. The Morgan fingerprint density at radius 3 is 2.75 bits per heavy atom. The van der Waals surface area contributed by atoms with Gasteiger partial charge in [0.25, 0.3) is 0 Å². The van der Waals surface area contributed by atoms with Crippen LogP contribution in [0.2, 0.25) is 0 Å². The second-order valence-electron chi connectivity index (χ2n) is 3.12. The van der Waals surface area contributed by atoms with Crippen molar-refractivity contribution in [2.75, 3.05) is 20.3 Å². The van der Waals surface area contributed by atoms with Gasteiger partial charge in [0, 0.05) is 0 Å². The van der Waals surface area contributed by atoms with Gasteiger partial charge in [0.2, 0.25) is 0 Å². The number of ether oxygens (including phenoxy) is 2. The van der Waals surface area contributed by atoms with Crippen LogP contribution in [0.15, 0.2) is 18.2 Å². The standard InChI is InChI=1S/C11H14O5/c1-15-10-3-2-8(7-16-5-4-12)6-9(10)11(13)14/h2-3,6,12H,4-5,7H2,1H3,(H,13,14). The average Bonchev–Trinajstić information content (AvgIpc) is 2.29. The summed E-state index contributed by atoms with van der Waals surface area (Å²) < 4.78 is 10.0. The molecule has 16 heavy (non-hydrogen) atoms. The van der Waals surface area contributed by atoms with Gasteiger partial charge in [-0.2, -0.15) is 0 Å². The van der Waals surface area contributed by atoms with Crippen LogP contribution in [0, 0.1) is 0 Å². The third kappa shape index (κ3) is 3.22. The molecule has 0 aromatic heterocycles. The maximum absolute atomic E-state index is 10.9. The fraction of sp³-hybridized carbons (Fsp3) is 0.364. The molecule has 5 nitrogen and oxygen atoms in total. The van der Waals surface area contributed by atoms with Crippen LogP contribution in [0.4, 0.5) is 0 Å². The molecule has 0 fully saturated rings. The summed E-state index contributed by atoms with van der Waals surface area (Å²) in [5.41, 5.74) is 0.833. The fourth-order valence-electron chi connectivity index (χ4n) is 1.27. The average molecular weight is 226 g/mol. The first-order valence-corrected chi connectivity index (χ1v) is 4.78. The summed E-state index contributed by atoms with van der Waals surface area (Å²) in [5.74, 6) is -0.723. The Kier molecular flexibility index (Phi) is 4.75. The number of rotatable bonds is 6. The minimum Gasteiger partial charge on any atom is -0.496 e. The van der Waals surface area contributed by atoms with Gasteiger partial charge in [-0.3, -0.25) is 0 Å². The minimum absolute atomic E-state index is 0.0536. The molecule has 88 valence electrons. The number of carbonyl (C=O) groups is 1. The van der Waals surface area contributed by atoms with Gasteiger partial charge < -0.3 is 19.7 Å². The van der Waals surface area contributed by atoms with Crippen molar-refractivity contribution in [1.29, 1.82) is 0 Å². The molecule has 0 bridgehead atoms. The van der Waals surface area contributed by atoms with E-state index in [9.17, 15) is 4.79 Å². The zero-order chi connectivity index (χ0) is 12.0. The van der Waals surface area contributed by atoms with Crippen LogP contribution in [0.25, 0.3) is 0 Å². The summed E-state index contributed by atoms with van der Waals surface area (Å²) in [6.45, 7) is 0.446. The quantitative estimate of drug-likeness (QED) is 0.705. The molecule has 5 heteroatoms. The van der Waals surface area contributed by atoms with Crippen molar-refractivity contribution in [2.45, 2.75) is 6.61 Å². The molecule has 0 atom stereocenters. The molecule has 0 saturated heterocycles. The summed E-state index contributed by atoms with van der Waals surface area (Å²) in [5, 5.41) is 17.5. The van der Waals surface area contributed by atoms with E-state index in [-0.39, 0.29) is 25.4 Å². The molecule has 1 rings (SSSR count). The molecule has 0 unspecified atom stereocenters. The summed E-state index contributed by atoms with van der Waals surface area (Å²) in [7, 11) is 1.42. The Morgan fingerprint density at radius 1 is 1.44 bits per heavy atom. The number of aliphatic hydroxyl groups is 1. The first-order chi connectivity index (χ1) is 7.69. The Hall–Kier alpha value is -1.59. The van der Waals surface area contributed by atoms with E-state index in [1.54, 1.807) is 12.1 Å². The SMILES string of the molecule is COc1ccc(COCCO)cc1C(=O)O. The van der Waals surface area contributed by atoms with Gasteiger partial charge in [0.15, 0.2) is 0 Å². The highest BCUT2D eigenvalue weighted by atomic mass is 16.5. The van der Waals surface area contributed by atoms with Crippen LogP contribution in [0.3, 0.4) is 0 Å². The van der Waals surface area contributed by atoms with Crippen LogP contribution in [-0.2, 0) is 11.3 Å². The topological polar surface area (TPSA) is 76.0 Å². The summed E-state index contributed by atoms with van der Waals surface area (Å²) >= 11 is 0. The van der Waals surface area contributed by atoms with Gasteiger partial charge in [-0.15, -0.1) is 0 Å². The van der Waals surface area contributed by atoms with Crippen molar-refractivity contribution in [1.82, 2.24) is 0 Å². The highest BCUT2D eigenvalue weighted by Gasteiger charge is 2.11. The number of hydrogen-bond donors (Lipinski definition) is 2. The Balaban J connectivity index is 2.81. The third-order valence-corrected chi connectivity index (χ3v) is 2.00. The highest BCUT2D eigenvalue weighted by Crippen LogP contribution is 2.20. The van der Waals surface area contributed by atoms with Crippen LogP contribution >= 0.6 is 0 Å². The number of benzene rings is 1. The number of methoxy groups -OCH3 is 1. The molecule has 1 aromatic rings. The van der Waals surface area contributed by atoms with E-state index in [0.29, 0.717) is 5.75 Å². The minimum atomic E-state index is -1.04. The van der Waals surface area contributed by atoms with Gasteiger partial charge in [-0.25, -0.2) is 4.79 Å². The van der Waals surface area contributed by atoms with Gasteiger partial charge in [-0.1, -0.05) is 6.07 Å². The summed E-state index contributed by atoms with van der Waals surface area (Å²) in [6, 6.07) is 4.81. The lowest BCUT2D eigenvalue weighted by Gasteiger charge is -2.07. The summed E-state index contributed by atoms with van der Waals surface area (Å²) in [6.07, 6.45) is 0. The molecule has 0 heterocycles. The van der Waals surface area contributed by atoms with Crippen LogP contribution in [0.5, 0.6) is 5.75 Å². The van der Waals surface area contributed by atoms with Crippen molar-refractivity contribution < 1.29 is 24.5 Å². The maximum atomic E-state index is 10.9. The zero-order valence-corrected chi connectivity index (χ0v) is 8.97. The Morgan fingerprint density at radius 2 is 2.19 bits per heavy atom.